The van der Waals surface area contributed by atoms with Gasteiger partial charge in [-0.15, -0.1) is 0 Å². The van der Waals surface area contributed by atoms with Gasteiger partial charge in [-0.3, -0.25) is 4.79 Å². The Bertz CT molecular complexity index is 1220. The Hall–Kier alpha value is -3.15. The molecule has 3 aromatic rings. The number of phenols is 2. The van der Waals surface area contributed by atoms with Crippen LogP contribution >= 0.6 is 0 Å². The van der Waals surface area contributed by atoms with Crippen molar-refractivity contribution in [2.45, 2.75) is 38.5 Å². The van der Waals surface area contributed by atoms with Gasteiger partial charge in [0.2, 0.25) is 0 Å². The lowest BCUT2D eigenvalue weighted by Crippen LogP contribution is -2.47. The van der Waals surface area contributed by atoms with E-state index in [2.05, 4.69) is 55.9 Å². The first-order valence-electron chi connectivity index (χ1n) is 13.3. The number of ketones is 1. The minimum atomic E-state index is -0.311. The Kier molecular flexibility index (Phi) is 8.67. The summed E-state index contributed by atoms with van der Waals surface area (Å²) in [6.45, 7) is 7.62. The number of benzene rings is 3. The van der Waals surface area contributed by atoms with Gasteiger partial charge in [-0.05, 0) is 94.3 Å². The summed E-state index contributed by atoms with van der Waals surface area (Å²) in [4.78, 5) is 18.8. The molecule has 4 rings (SSSR count). The van der Waals surface area contributed by atoms with Crippen LogP contribution in [0, 0.1) is 19.8 Å². The number of hydrogen-bond acceptors (Lipinski definition) is 5. The van der Waals surface area contributed by atoms with Crippen molar-refractivity contribution in [1.82, 2.24) is 9.80 Å². The van der Waals surface area contributed by atoms with Crippen LogP contribution in [0.2, 0.25) is 0 Å². The lowest BCUT2D eigenvalue weighted by Gasteiger charge is -2.44. The highest BCUT2D eigenvalue weighted by atomic mass is 16.3. The standard InChI is InChI=1S/C32H40N2O3/c1-22-11-9-15-26(23(22)2)31-28(27-14-5-6-16-30(27)36)20-34(18-8-7-17-33(3)4)21-29(31)32(37)24-12-10-13-25(35)19-24/h5-6,9-16,19,28-29,31,35-36H,7-8,17-18,20-21H2,1-4H3/t28-,29+,31-/m1/s1. The van der Waals surface area contributed by atoms with Crippen LogP contribution in [-0.4, -0.2) is 66.1 Å². The van der Waals surface area contributed by atoms with Gasteiger partial charge in [0.15, 0.2) is 5.78 Å². The average Bonchev–Trinajstić information content (AvgIpc) is 2.88. The van der Waals surface area contributed by atoms with E-state index in [9.17, 15) is 15.0 Å². The van der Waals surface area contributed by atoms with Gasteiger partial charge in [0.1, 0.15) is 11.5 Å². The normalized spacial score (nSPS) is 20.3. The molecule has 2 N–H and O–H groups in total. The highest BCUT2D eigenvalue weighted by molar-refractivity contribution is 5.99. The first kappa shape index (κ1) is 26.9. The van der Waals surface area contributed by atoms with E-state index in [1.807, 2.05) is 18.2 Å². The number of carbonyl (C=O) groups is 1. The van der Waals surface area contributed by atoms with E-state index < -0.39 is 0 Å². The lowest BCUT2D eigenvalue weighted by molar-refractivity contribution is 0.0733. The molecule has 37 heavy (non-hydrogen) atoms. The summed E-state index contributed by atoms with van der Waals surface area (Å²) in [7, 11) is 4.18. The second-order valence-corrected chi connectivity index (χ2v) is 10.8. The third-order valence-corrected chi connectivity index (χ3v) is 7.92. The molecule has 196 valence electrons. The van der Waals surface area contributed by atoms with Crippen molar-refractivity contribution in [1.29, 1.82) is 0 Å². The molecule has 1 aliphatic rings. The molecule has 0 spiro atoms. The molecule has 5 nitrogen and oxygen atoms in total. The maximum Gasteiger partial charge on any atom is 0.167 e. The fraction of sp³-hybridized carbons (Fsp3) is 0.406. The molecule has 1 saturated heterocycles. The van der Waals surface area contributed by atoms with E-state index >= 15 is 0 Å². The van der Waals surface area contributed by atoms with Crippen LogP contribution in [0.15, 0.2) is 66.7 Å². The molecule has 1 heterocycles. The summed E-state index contributed by atoms with van der Waals surface area (Å²) in [5.41, 5.74) is 4.98. The number of carbonyl (C=O) groups excluding carboxylic acids is 1. The van der Waals surface area contributed by atoms with E-state index in [0.29, 0.717) is 12.1 Å². The second kappa shape index (κ2) is 11.9. The van der Waals surface area contributed by atoms with Crippen LogP contribution in [0.1, 0.15) is 57.3 Å². The summed E-state index contributed by atoms with van der Waals surface area (Å²) < 4.78 is 0. The largest absolute Gasteiger partial charge is 0.508 e. The Morgan fingerprint density at radius 1 is 0.919 bits per heavy atom. The topological polar surface area (TPSA) is 64.0 Å². The van der Waals surface area contributed by atoms with Gasteiger partial charge >= 0.3 is 0 Å². The number of aromatic hydroxyl groups is 2. The van der Waals surface area contributed by atoms with Crippen molar-refractivity contribution >= 4 is 5.78 Å². The quantitative estimate of drug-likeness (QED) is 0.290. The smallest absolute Gasteiger partial charge is 0.167 e. The summed E-state index contributed by atoms with van der Waals surface area (Å²) in [5, 5.41) is 21.1. The second-order valence-electron chi connectivity index (χ2n) is 10.8. The van der Waals surface area contributed by atoms with E-state index in [4.69, 9.17) is 0 Å². The molecule has 1 fully saturated rings. The molecule has 0 saturated carbocycles. The van der Waals surface area contributed by atoms with Gasteiger partial charge in [0.05, 0.1) is 0 Å². The number of Topliss-reactive ketones (excluding diaryl/α,β-unsaturated/α-hetero) is 1. The van der Waals surface area contributed by atoms with E-state index in [0.717, 1.165) is 38.0 Å². The number of phenolic OH excluding ortho intramolecular Hbond substituents is 2. The van der Waals surface area contributed by atoms with Crippen LogP contribution in [0.3, 0.4) is 0 Å². The molecule has 0 radical (unpaired) electrons. The fourth-order valence-electron chi connectivity index (χ4n) is 5.86. The molecule has 5 heteroatoms. The maximum absolute atomic E-state index is 14.2. The first-order chi connectivity index (χ1) is 17.8. The SMILES string of the molecule is Cc1cccc([C@H]2[C@@H](C(=O)c3cccc(O)c3)CN(CCCCN(C)C)C[C@@H]2c2ccccc2O)c1C. The fourth-order valence-corrected chi connectivity index (χ4v) is 5.86. The van der Waals surface area contributed by atoms with Gasteiger partial charge in [-0.1, -0.05) is 48.5 Å². The summed E-state index contributed by atoms with van der Waals surface area (Å²) in [6, 6.07) is 20.6. The van der Waals surface area contributed by atoms with Crippen LogP contribution in [0.5, 0.6) is 11.5 Å². The van der Waals surface area contributed by atoms with E-state index in [1.54, 1.807) is 30.3 Å². The number of para-hydroxylation sites is 1. The molecule has 3 atom stereocenters. The van der Waals surface area contributed by atoms with Gasteiger partial charge in [-0.25, -0.2) is 0 Å². The highest BCUT2D eigenvalue weighted by Gasteiger charge is 2.43. The van der Waals surface area contributed by atoms with Gasteiger partial charge in [-0.2, -0.15) is 0 Å². The minimum Gasteiger partial charge on any atom is -0.508 e. The van der Waals surface area contributed by atoms with E-state index in [1.165, 1.54) is 16.7 Å². The number of unbranched alkanes of at least 4 members (excludes halogenated alkanes) is 1. The molecule has 0 aromatic heterocycles. The molecule has 0 unspecified atom stereocenters. The number of rotatable bonds is 9. The molecule has 0 bridgehead atoms. The van der Waals surface area contributed by atoms with Crippen LogP contribution in [0.4, 0.5) is 0 Å². The van der Waals surface area contributed by atoms with E-state index in [-0.39, 0.29) is 35.0 Å². The van der Waals surface area contributed by atoms with Gasteiger partial charge in [0.25, 0.3) is 0 Å². The first-order valence-corrected chi connectivity index (χ1v) is 13.3. The molecule has 1 aliphatic heterocycles. The lowest BCUT2D eigenvalue weighted by atomic mass is 9.67. The Balaban J connectivity index is 1.79. The number of piperidine rings is 1. The molecular formula is C32H40N2O3. The zero-order valence-electron chi connectivity index (χ0n) is 22.5. The Morgan fingerprint density at radius 2 is 1.65 bits per heavy atom. The van der Waals surface area contributed by atoms with Crippen molar-refractivity contribution in [3.05, 3.63) is 94.5 Å². The zero-order chi connectivity index (χ0) is 26.5. The predicted molar refractivity (Wildman–Crippen MR) is 150 cm³/mol. The third-order valence-electron chi connectivity index (χ3n) is 7.92. The monoisotopic (exact) mass is 500 g/mol. The predicted octanol–water partition coefficient (Wildman–Crippen LogP) is 5.74. The van der Waals surface area contributed by atoms with Crippen molar-refractivity contribution in [2.75, 3.05) is 40.3 Å². The maximum atomic E-state index is 14.2. The van der Waals surface area contributed by atoms with Gasteiger partial charge in [0, 0.05) is 36.4 Å². The molecule has 3 aromatic carbocycles. The minimum absolute atomic E-state index is 0.0419. The number of aryl methyl sites for hydroxylation is 1. The molecular weight excluding hydrogens is 460 g/mol. The van der Waals surface area contributed by atoms with Crippen molar-refractivity contribution in [3.63, 3.8) is 0 Å². The Labute approximate surface area is 221 Å². The number of hydrogen-bond donors (Lipinski definition) is 2. The number of nitrogens with zero attached hydrogens (tertiary/aromatic N) is 2. The van der Waals surface area contributed by atoms with Crippen LogP contribution in [0.25, 0.3) is 0 Å². The van der Waals surface area contributed by atoms with Crippen LogP contribution in [-0.2, 0) is 0 Å². The highest BCUT2D eigenvalue weighted by Crippen LogP contribution is 2.47. The third kappa shape index (κ3) is 6.23. The molecule has 0 amide bonds. The van der Waals surface area contributed by atoms with Crippen molar-refractivity contribution in [2.24, 2.45) is 5.92 Å². The molecule has 0 aliphatic carbocycles. The number of likely N-dealkylation sites (tertiary alicyclic amines) is 1. The zero-order valence-corrected chi connectivity index (χ0v) is 22.5. The summed E-state index contributed by atoms with van der Waals surface area (Å²) in [6.07, 6.45) is 2.14. The summed E-state index contributed by atoms with van der Waals surface area (Å²) in [5.74, 6) is -0.0325. The Morgan fingerprint density at radius 3 is 2.38 bits per heavy atom. The summed E-state index contributed by atoms with van der Waals surface area (Å²) >= 11 is 0. The van der Waals surface area contributed by atoms with Crippen LogP contribution < -0.4 is 0 Å². The van der Waals surface area contributed by atoms with Gasteiger partial charge < -0.3 is 20.0 Å². The van der Waals surface area contributed by atoms with Crippen molar-refractivity contribution < 1.29 is 15.0 Å². The average molecular weight is 501 g/mol. The van der Waals surface area contributed by atoms with Crippen molar-refractivity contribution in [3.8, 4) is 11.5 Å².